The van der Waals surface area contributed by atoms with Crippen molar-refractivity contribution in [1.29, 1.82) is 0 Å². The van der Waals surface area contributed by atoms with Gasteiger partial charge in [0.25, 0.3) is 0 Å². The molecule has 0 aliphatic carbocycles. The van der Waals surface area contributed by atoms with Gasteiger partial charge < -0.3 is 0 Å². The molecule has 25 heavy (non-hydrogen) atoms. The summed E-state index contributed by atoms with van der Waals surface area (Å²) in [5.74, 6) is 2.49. The summed E-state index contributed by atoms with van der Waals surface area (Å²) in [6, 6.07) is 6.87. The van der Waals surface area contributed by atoms with Crippen LogP contribution in [0.1, 0.15) is 96.5 Å². The Labute approximate surface area is 166 Å². The molecule has 0 heterocycles. The fraction of sp³-hybridized carbons (Fsp3) is 0.696. The van der Waals surface area contributed by atoms with Gasteiger partial charge in [0.2, 0.25) is 0 Å². The van der Waals surface area contributed by atoms with Crippen molar-refractivity contribution in [3.8, 4) is 0 Å². The van der Waals surface area contributed by atoms with Crippen molar-refractivity contribution >= 4 is 23.5 Å². The molecular formula is C23H39S2. The number of hydrogen-bond donors (Lipinski definition) is 0. The monoisotopic (exact) mass is 379 g/mol. The van der Waals surface area contributed by atoms with Crippen LogP contribution < -0.4 is 0 Å². The average Bonchev–Trinajstić information content (AvgIpc) is 2.60. The fourth-order valence-electron chi connectivity index (χ4n) is 2.94. The molecule has 1 aromatic rings. The summed E-state index contributed by atoms with van der Waals surface area (Å²) in [4.78, 5) is 2.82. The number of thioether (sulfide) groups is 2. The van der Waals surface area contributed by atoms with Crippen LogP contribution in [0.25, 0.3) is 0 Å². The average molecular weight is 380 g/mol. The first-order valence-electron chi connectivity index (χ1n) is 10.5. The normalized spacial score (nSPS) is 11.2. The van der Waals surface area contributed by atoms with Crippen LogP contribution in [0.5, 0.6) is 0 Å². The van der Waals surface area contributed by atoms with Crippen molar-refractivity contribution < 1.29 is 0 Å². The van der Waals surface area contributed by atoms with Crippen LogP contribution in [0.3, 0.4) is 0 Å². The lowest BCUT2D eigenvalue weighted by Crippen LogP contribution is -1.86. The van der Waals surface area contributed by atoms with E-state index in [1.807, 2.05) is 23.5 Å². The lowest BCUT2D eigenvalue weighted by Gasteiger charge is -2.08. The molecule has 0 aliphatic heterocycles. The summed E-state index contributed by atoms with van der Waals surface area (Å²) < 4.78 is 0. The third kappa shape index (κ3) is 12.8. The number of hydrogen-bond acceptors (Lipinski definition) is 2. The van der Waals surface area contributed by atoms with E-state index in [2.05, 4.69) is 39.0 Å². The van der Waals surface area contributed by atoms with Gasteiger partial charge in [-0.25, -0.2) is 0 Å². The zero-order valence-electron chi connectivity index (χ0n) is 16.7. The molecule has 1 rings (SSSR count). The highest BCUT2D eigenvalue weighted by molar-refractivity contribution is 8.00. The van der Waals surface area contributed by atoms with Gasteiger partial charge in [0.05, 0.1) is 0 Å². The minimum Gasteiger partial charge on any atom is -0.126 e. The third-order valence-electron chi connectivity index (χ3n) is 4.47. The van der Waals surface area contributed by atoms with Crippen LogP contribution in [-0.4, -0.2) is 11.5 Å². The molecule has 0 aromatic heterocycles. The predicted molar refractivity (Wildman–Crippen MR) is 119 cm³/mol. The Morgan fingerprint density at radius 3 is 1.44 bits per heavy atom. The summed E-state index contributed by atoms with van der Waals surface area (Å²) >= 11 is 4.02. The van der Waals surface area contributed by atoms with Gasteiger partial charge >= 0.3 is 0 Å². The van der Waals surface area contributed by atoms with Crippen LogP contribution in [0.15, 0.2) is 28.0 Å². The van der Waals surface area contributed by atoms with Gasteiger partial charge in [-0.1, -0.05) is 78.1 Å². The Balaban J connectivity index is 2.19. The molecule has 0 saturated carbocycles. The summed E-state index contributed by atoms with van der Waals surface area (Å²) in [5, 5.41) is 0. The van der Waals surface area contributed by atoms with Crippen molar-refractivity contribution in [3.05, 3.63) is 30.7 Å². The molecule has 0 amide bonds. The molecule has 2 heteroatoms. The number of rotatable bonds is 16. The van der Waals surface area contributed by atoms with E-state index in [1.165, 1.54) is 104 Å². The van der Waals surface area contributed by atoms with E-state index in [0.717, 1.165) is 0 Å². The van der Waals surface area contributed by atoms with Gasteiger partial charge in [-0.15, -0.1) is 23.5 Å². The van der Waals surface area contributed by atoms with Crippen molar-refractivity contribution in [2.24, 2.45) is 0 Å². The molecule has 0 fully saturated rings. The maximum Gasteiger partial charge on any atom is 0.00858 e. The second kappa shape index (κ2) is 16.1. The largest absolute Gasteiger partial charge is 0.126 e. The first-order chi connectivity index (χ1) is 12.3. The van der Waals surface area contributed by atoms with Gasteiger partial charge in [-0.05, 0) is 55.0 Å². The SMILES string of the molecule is [CH2]c1cc(SCCCCCCCC)cc(SCCCCCCCC)c1. The quantitative estimate of drug-likeness (QED) is 0.208. The van der Waals surface area contributed by atoms with Crippen molar-refractivity contribution in [2.45, 2.75) is 101 Å². The summed E-state index contributed by atoms with van der Waals surface area (Å²) in [7, 11) is 0. The molecule has 143 valence electrons. The zero-order chi connectivity index (χ0) is 18.2. The Morgan fingerprint density at radius 2 is 1.00 bits per heavy atom. The third-order valence-corrected chi connectivity index (χ3v) is 6.60. The minimum atomic E-state index is 1.17. The molecule has 0 N–H and O–H groups in total. The lowest BCUT2D eigenvalue weighted by atomic mass is 10.1. The summed E-state index contributed by atoms with van der Waals surface area (Å²) in [6.07, 6.45) is 16.6. The Bertz CT molecular complexity index is 392. The minimum absolute atomic E-state index is 1.17. The van der Waals surface area contributed by atoms with E-state index in [0.29, 0.717) is 0 Å². The molecule has 0 saturated heterocycles. The maximum absolute atomic E-state index is 4.17. The van der Waals surface area contributed by atoms with Crippen LogP contribution in [-0.2, 0) is 0 Å². The molecular weight excluding hydrogens is 340 g/mol. The molecule has 0 atom stereocenters. The smallest absolute Gasteiger partial charge is 0.00858 e. The first kappa shape index (κ1) is 23.0. The van der Waals surface area contributed by atoms with Gasteiger partial charge in [0.15, 0.2) is 0 Å². The van der Waals surface area contributed by atoms with Gasteiger partial charge in [0, 0.05) is 9.79 Å². The van der Waals surface area contributed by atoms with E-state index >= 15 is 0 Å². The number of benzene rings is 1. The lowest BCUT2D eigenvalue weighted by molar-refractivity contribution is 0.627. The Morgan fingerprint density at radius 1 is 0.600 bits per heavy atom. The first-order valence-corrected chi connectivity index (χ1v) is 12.5. The zero-order valence-corrected chi connectivity index (χ0v) is 18.3. The van der Waals surface area contributed by atoms with Gasteiger partial charge in [-0.3, -0.25) is 0 Å². The maximum atomic E-state index is 4.17. The highest BCUT2D eigenvalue weighted by Gasteiger charge is 2.01. The Kier molecular flexibility index (Phi) is 14.8. The highest BCUT2D eigenvalue weighted by atomic mass is 32.2. The van der Waals surface area contributed by atoms with Crippen LogP contribution in [0.2, 0.25) is 0 Å². The van der Waals surface area contributed by atoms with E-state index in [-0.39, 0.29) is 0 Å². The topological polar surface area (TPSA) is 0 Å². The molecule has 1 aromatic carbocycles. The van der Waals surface area contributed by atoms with Crippen molar-refractivity contribution in [2.75, 3.05) is 11.5 Å². The highest BCUT2D eigenvalue weighted by Crippen LogP contribution is 2.28. The van der Waals surface area contributed by atoms with Crippen LogP contribution in [0.4, 0.5) is 0 Å². The summed E-state index contributed by atoms with van der Waals surface area (Å²) in [5.41, 5.74) is 1.17. The molecule has 0 bridgehead atoms. The molecule has 0 aliphatic rings. The van der Waals surface area contributed by atoms with Crippen molar-refractivity contribution in [1.82, 2.24) is 0 Å². The van der Waals surface area contributed by atoms with Gasteiger partial charge in [-0.2, -0.15) is 0 Å². The Hall–Kier alpha value is -0.0800. The van der Waals surface area contributed by atoms with E-state index in [1.54, 1.807) is 0 Å². The van der Waals surface area contributed by atoms with E-state index in [4.69, 9.17) is 0 Å². The number of unbranched alkanes of at least 4 members (excludes halogenated alkanes) is 10. The molecule has 0 spiro atoms. The van der Waals surface area contributed by atoms with Crippen LogP contribution in [0, 0.1) is 6.92 Å². The van der Waals surface area contributed by atoms with Crippen molar-refractivity contribution in [3.63, 3.8) is 0 Å². The second-order valence-corrected chi connectivity index (χ2v) is 9.38. The predicted octanol–water partition coefficient (Wildman–Crippen LogP) is 8.77. The van der Waals surface area contributed by atoms with Crippen LogP contribution >= 0.6 is 23.5 Å². The molecule has 1 radical (unpaired) electrons. The van der Waals surface area contributed by atoms with E-state index < -0.39 is 0 Å². The molecule has 0 unspecified atom stereocenters. The van der Waals surface area contributed by atoms with E-state index in [9.17, 15) is 0 Å². The standard InChI is InChI=1S/C23H39S2/c1-4-6-8-10-12-14-16-24-22-18-21(3)19-23(20-22)25-17-15-13-11-9-7-5-2/h18-20H,3-17H2,1-2H3. The van der Waals surface area contributed by atoms with Gasteiger partial charge in [0.1, 0.15) is 0 Å². The fourth-order valence-corrected chi connectivity index (χ4v) is 5.08. The second-order valence-electron chi connectivity index (χ2n) is 7.05. The molecule has 0 nitrogen and oxygen atoms in total. The summed E-state index contributed by atoms with van der Waals surface area (Å²) in [6.45, 7) is 8.73.